The number of nitrogens with zero attached hydrogens (tertiary/aromatic N) is 1. The molecule has 2 aromatic carbocycles. The van der Waals surface area contributed by atoms with Gasteiger partial charge in [-0.1, -0.05) is 53.0 Å². The first kappa shape index (κ1) is 16.9. The maximum atomic E-state index is 12.6. The Morgan fingerprint density at radius 2 is 1.55 bits per heavy atom. The molecular weight excluding hydrogens is 360 g/mol. The number of rotatable bonds is 3. The number of nitrogens with one attached hydrogen (secondary N) is 1. The fourth-order valence-electron chi connectivity index (χ4n) is 1.59. The minimum atomic E-state index is -4.52. The van der Waals surface area contributed by atoms with Crippen LogP contribution >= 0.6 is 34.8 Å². The number of benzene rings is 2. The Kier molecular flexibility index (Phi) is 5.21. The normalized spacial score (nSPS) is 11.9. The third-order valence-electron chi connectivity index (χ3n) is 2.65. The Balaban J connectivity index is 2.22. The first-order chi connectivity index (χ1) is 10.3. The monoisotopic (exact) mass is 366 g/mol. The van der Waals surface area contributed by atoms with Crippen molar-refractivity contribution < 1.29 is 13.2 Å². The van der Waals surface area contributed by atoms with Crippen molar-refractivity contribution in [2.24, 2.45) is 5.10 Å². The van der Waals surface area contributed by atoms with Gasteiger partial charge in [0.15, 0.2) is 0 Å². The molecule has 2 aromatic rings. The largest absolute Gasteiger partial charge is 0.416 e. The van der Waals surface area contributed by atoms with Crippen molar-refractivity contribution in [1.29, 1.82) is 0 Å². The van der Waals surface area contributed by atoms with E-state index < -0.39 is 11.7 Å². The number of hydrogen-bond acceptors (Lipinski definition) is 2. The van der Waals surface area contributed by atoms with Crippen LogP contribution in [-0.4, -0.2) is 6.21 Å². The van der Waals surface area contributed by atoms with Crippen molar-refractivity contribution in [2.75, 3.05) is 5.43 Å². The van der Waals surface area contributed by atoms with Gasteiger partial charge in [0.2, 0.25) is 0 Å². The summed E-state index contributed by atoms with van der Waals surface area (Å²) in [6.07, 6.45) is -3.11. The molecule has 0 aliphatic carbocycles. The van der Waals surface area contributed by atoms with Gasteiger partial charge in [-0.05, 0) is 18.2 Å². The molecule has 0 aliphatic rings. The molecule has 0 atom stereocenters. The highest BCUT2D eigenvalue weighted by molar-refractivity contribution is 6.39. The van der Waals surface area contributed by atoms with Crippen LogP contribution < -0.4 is 5.43 Å². The van der Waals surface area contributed by atoms with Crippen LogP contribution in [0.3, 0.4) is 0 Å². The fraction of sp³-hybridized carbons (Fsp3) is 0.0714. The van der Waals surface area contributed by atoms with E-state index >= 15 is 0 Å². The first-order valence-corrected chi connectivity index (χ1v) is 7.02. The molecule has 2 rings (SSSR count). The van der Waals surface area contributed by atoms with E-state index in [1.54, 1.807) is 24.3 Å². The summed E-state index contributed by atoms with van der Waals surface area (Å²) in [7, 11) is 0. The van der Waals surface area contributed by atoms with Gasteiger partial charge in [0.1, 0.15) is 0 Å². The van der Waals surface area contributed by atoms with E-state index in [0.717, 1.165) is 12.1 Å². The van der Waals surface area contributed by atoms with Crippen LogP contribution in [0.5, 0.6) is 0 Å². The number of hydrazone groups is 1. The molecule has 2 nitrogen and oxygen atoms in total. The Bertz CT molecular complexity index is 692. The van der Waals surface area contributed by atoms with Crippen molar-refractivity contribution in [3.8, 4) is 0 Å². The van der Waals surface area contributed by atoms with E-state index in [9.17, 15) is 13.2 Å². The summed E-state index contributed by atoms with van der Waals surface area (Å²) in [5.41, 5.74) is 2.31. The quantitative estimate of drug-likeness (QED) is 0.513. The van der Waals surface area contributed by atoms with Gasteiger partial charge in [0.05, 0.1) is 27.5 Å². The first-order valence-electron chi connectivity index (χ1n) is 5.89. The van der Waals surface area contributed by atoms with Crippen molar-refractivity contribution in [2.45, 2.75) is 6.18 Å². The second-order valence-electron chi connectivity index (χ2n) is 4.20. The molecule has 8 heteroatoms. The highest BCUT2D eigenvalue weighted by Gasteiger charge is 2.32. The van der Waals surface area contributed by atoms with Crippen LogP contribution in [0.4, 0.5) is 18.9 Å². The van der Waals surface area contributed by atoms with Crippen LogP contribution in [0.1, 0.15) is 11.1 Å². The van der Waals surface area contributed by atoms with Gasteiger partial charge >= 0.3 is 6.18 Å². The van der Waals surface area contributed by atoms with Crippen molar-refractivity contribution >= 4 is 46.7 Å². The van der Waals surface area contributed by atoms with Crippen molar-refractivity contribution in [1.82, 2.24) is 0 Å². The van der Waals surface area contributed by atoms with Gasteiger partial charge in [-0.3, -0.25) is 5.43 Å². The lowest BCUT2D eigenvalue weighted by Gasteiger charge is -2.11. The van der Waals surface area contributed by atoms with Gasteiger partial charge in [0.25, 0.3) is 0 Å². The molecule has 1 N–H and O–H groups in total. The fourth-order valence-corrected chi connectivity index (χ4v) is 2.35. The standard InChI is InChI=1S/C14H8Cl3F3N2/c15-10-4-2-1-3-8(10)7-21-22-13-11(16)5-9(6-12(13)17)14(18,19)20/h1-7,22H/b21-7+. The van der Waals surface area contributed by atoms with Crippen LogP contribution in [0, 0.1) is 0 Å². The molecule has 0 heterocycles. The summed E-state index contributed by atoms with van der Waals surface area (Å²) >= 11 is 17.6. The highest BCUT2D eigenvalue weighted by Crippen LogP contribution is 2.38. The molecule has 0 fully saturated rings. The summed E-state index contributed by atoms with van der Waals surface area (Å²) in [5, 5.41) is 3.99. The maximum absolute atomic E-state index is 12.6. The smallest absolute Gasteiger partial charge is 0.275 e. The van der Waals surface area contributed by atoms with Gasteiger partial charge in [-0.2, -0.15) is 18.3 Å². The molecule has 22 heavy (non-hydrogen) atoms. The van der Waals surface area contributed by atoms with E-state index in [1.807, 2.05) is 0 Å². The lowest BCUT2D eigenvalue weighted by atomic mass is 10.2. The van der Waals surface area contributed by atoms with Crippen LogP contribution in [0.25, 0.3) is 0 Å². The van der Waals surface area contributed by atoms with E-state index in [-0.39, 0.29) is 15.7 Å². The minimum absolute atomic E-state index is 0.0830. The predicted octanol–water partition coefficient (Wildman–Crippen LogP) is 6.11. The summed E-state index contributed by atoms with van der Waals surface area (Å²) in [5.74, 6) is 0. The SMILES string of the molecule is FC(F)(F)c1cc(Cl)c(N/N=C/c2ccccc2Cl)c(Cl)c1. The van der Waals surface area contributed by atoms with Gasteiger partial charge in [0, 0.05) is 10.6 Å². The molecular formula is C14H8Cl3F3N2. The zero-order valence-electron chi connectivity index (χ0n) is 10.8. The third kappa shape index (κ3) is 4.06. The topological polar surface area (TPSA) is 24.4 Å². The zero-order valence-corrected chi connectivity index (χ0v) is 13.0. The van der Waals surface area contributed by atoms with E-state index in [2.05, 4.69) is 10.5 Å². The van der Waals surface area contributed by atoms with Crippen molar-refractivity contribution in [3.05, 3.63) is 62.6 Å². The van der Waals surface area contributed by atoms with Crippen LogP contribution in [0.15, 0.2) is 41.5 Å². The molecule has 0 aliphatic heterocycles. The van der Waals surface area contributed by atoms with E-state index in [4.69, 9.17) is 34.8 Å². The number of halogens is 6. The summed E-state index contributed by atoms with van der Waals surface area (Å²) < 4.78 is 37.8. The second-order valence-corrected chi connectivity index (χ2v) is 5.43. The Labute approximate surface area is 139 Å². The predicted molar refractivity (Wildman–Crippen MR) is 84.1 cm³/mol. The van der Waals surface area contributed by atoms with E-state index in [0.29, 0.717) is 10.6 Å². The molecule has 0 bridgehead atoms. The van der Waals surface area contributed by atoms with Crippen molar-refractivity contribution in [3.63, 3.8) is 0 Å². The minimum Gasteiger partial charge on any atom is -0.275 e. The lowest BCUT2D eigenvalue weighted by molar-refractivity contribution is -0.137. The lowest BCUT2D eigenvalue weighted by Crippen LogP contribution is -2.05. The summed E-state index contributed by atoms with van der Waals surface area (Å²) in [4.78, 5) is 0. The van der Waals surface area contributed by atoms with Crippen LogP contribution in [0.2, 0.25) is 15.1 Å². The average molecular weight is 368 g/mol. The number of alkyl halides is 3. The molecule has 0 aromatic heterocycles. The molecule has 0 saturated heterocycles. The molecule has 116 valence electrons. The third-order valence-corrected chi connectivity index (χ3v) is 3.60. The molecule has 0 saturated carbocycles. The average Bonchev–Trinajstić information content (AvgIpc) is 2.42. The molecule has 0 spiro atoms. The van der Waals surface area contributed by atoms with E-state index in [1.165, 1.54) is 6.21 Å². The second kappa shape index (κ2) is 6.77. The van der Waals surface area contributed by atoms with Gasteiger partial charge in [-0.25, -0.2) is 0 Å². The molecule has 0 radical (unpaired) electrons. The summed E-state index contributed by atoms with van der Waals surface area (Å²) in [6, 6.07) is 8.49. The van der Waals surface area contributed by atoms with Crippen LogP contribution in [-0.2, 0) is 6.18 Å². The number of anilines is 1. The Morgan fingerprint density at radius 1 is 0.955 bits per heavy atom. The number of hydrogen-bond donors (Lipinski definition) is 1. The summed E-state index contributed by atoms with van der Waals surface area (Å²) in [6.45, 7) is 0. The highest BCUT2D eigenvalue weighted by atomic mass is 35.5. The molecule has 0 unspecified atom stereocenters. The zero-order chi connectivity index (χ0) is 16.3. The Hall–Kier alpha value is -1.43. The van der Waals surface area contributed by atoms with Gasteiger partial charge < -0.3 is 0 Å². The maximum Gasteiger partial charge on any atom is 0.416 e. The van der Waals surface area contributed by atoms with Gasteiger partial charge in [-0.15, -0.1) is 0 Å². The Morgan fingerprint density at radius 3 is 2.09 bits per heavy atom. The molecule has 0 amide bonds.